The Morgan fingerprint density at radius 1 is 1.33 bits per heavy atom. The summed E-state index contributed by atoms with van der Waals surface area (Å²) in [5, 5.41) is 4.21. The fourth-order valence-electron chi connectivity index (χ4n) is 2.94. The second-order valence-corrected chi connectivity index (χ2v) is 8.02. The number of nitrogens with zero attached hydrogens (tertiary/aromatic N) is 5. The first-order chi connectivity index (χ1) is 11.4. The highest BCUT2D eigenvalue weighted by atomic mass is 32.2. The molecule has 8 nitrogen and oxygen atoms in total. The number of hydrogen-bond acceptors (Lipinski definition) is 5. The largest absolute Gasteiger partial charge is 0.327 e. The number of carbonyl (C=O) groups excluding carboxylic acids is 1. The van der Waals surface area contributed by atoms with E-state index in [4.69, 9.17) is 0 Å². The van der Waals surface area contributed by atoms with Crippen LogP contribution in [-0.4, -0.2) is 56.6 Å². The number of imidazole rings is 1. The Morgan fingerprint density at radius 3 is 2.79 bits per heavy atom. The average Bonchev–Trinajstić information content (AvgIpc) is 3.22. The maximum atomic E-state index is 12.9. The highest BCUT2D eigenvalue weighted by Gasteiger charge is 2.37. The first kappa shape index (κ1) is 16.7. The Bertz CT molecular complexity index is 839. The van der Waals surface area contributed by atoms with Gasteiger partial charge in [-0.3, -0.25) is 9.48 Å². The maximum absolute atomic E-state index is 12.9. The monoisotopic (exact) mass is 351 g/mol. The second-order valence-electron chi connectivity index (χ2n) is 5.79. The van der Waals surface area contributed by atoms with Crippen molar-refractivity contribution in [3.63, 3.8) is 0 Å². The summed E-state index contributed by atoms with van der Waals surface area (Å²) in [6.45, 7) is 5.37. The minimum atomic E-state index is -3.19. The smallest absolute Gasteiger partial charge is 0.290 e. The molecule has 2 aromatic heterocycles. The third kappa shape index (κ3) is 3.08. The summed E-state index contributed by atoms with van der Waals surface area (Å²) in [6, 6.07) is -0.529. The topological polar surface area (TPSA) is 90.1 Å². The Hall–Kier alpha value is -2.16. The first-order valence-corrected chi connectivity index (χ1v) is 9.82. The molecule has 1 saturated heterocycles. The Labute approximate surface area is 141 Å². The average molecular weight is 351 g/mol. The summed E-state index contributed by atoms with van der Waals surface area (Å²) >= 11 is 0. The van der Waals surface area contributed by atoms with Crippen LogP contribution < -0.4 is 0 Å². The molecule has 24 heavy (non-hydrogen) atoms. The van der Waals surface area contributed by atoms with Crippen LogP contribution in [0.4, 0.5) is 0 Å². The number of aryl methyl sites for hydroxylation is 2. The zero-order chi connectivity index (χ0) is 17.3. The molecule has 2 aromatic rings. The van der Waals surface area contributed by atoms with E-state index in [1.165, 1.54) is 0 Å². The fraction of sp³-hybridized carbons (Fsp3) is 0.533. The lowest BCUT2D eigenvalue weighted by molar-refractivity contribution is 0.0680. The molecule has 0 N–H and O–H groups in total. The molecule has 3 heterocycles. The van der Waals surface area contributed by atoms with E-state index < -0.39 is 15.9 Å². The highest BCUT2D eigenvalue weighted by Crippen LogP contribution is 2.28. The Balaban J connectivity index is 1.96. The van der Waals surface area contributed by atoms with E-state index in [1.807, 2.05) is 13.8 Å². The van der Waals surface area contributed by atoms with Gasteiger partial charge in [-0.1, -0.05) is 0 Å². The zero-order valence-corrected chi connectivity index (χ0v) is 14.6. The maximum Gasteiger partial charge on any atom is 0.290 e. The fourth-order valence-corrected chi connectivity index (χ4v) is 4.44. The van der Waals surface area contributed by atoms with E-state index in [2.05, 4.69) is 10.1 Å². The second kappa shape index (κ2) is 6.39. The van der Waals surface area contributed by atoms with Crippen LogP contribution in [0.3, 0.4) is 0 Å². The van der Waals surface area contributed by atoms with Crippen LogP contribution in [-0.2, 0) is 22.9 Å². The molecular formula is C15H21N5O3S. The molecule has 0 spiro atoms. The molecule has 1 atom stereocenters. The van der Waals surface area contributed by atoms with Crippen molar-refractivity contribution >= 4 is 15.7 Å². The van der Waals surface area contributed by atoms with E-state index in [-0.39, 0.29) is 24.0 Å². The molecular weight excluding hydrogens is 330 g/mol. The van der Waals surface area contributed by atoms with Gasteiger partial charge in [0.25, 0.3) is 5.91 Å². The molecule has 1 fully saturated rings. The van der Waals surface area contributed by atoms with Crippen molar-refractivity contribution in [1.82, 2.24) is 24.2 Å². The number of hydrogen-bond donors (Lipinski definition) is 0. The van der Waals surface area contributed by atoms with Gasteiger partial charge in [0.05, 0.1) is 23.7 Å². The van der Waals surface area contributed by atoms with Gasteiger partial charge in [0.15, 0.2) is 15.7 Å². The number of aromatic nitrogens is 4. The van der Waals surface area contributed by atoms with Crippen molar-refractivity contribution in [2.24, 2.45) is 0 Å². The van der Waals surface area contributed by atoms with E-state index in [0.717, 1.165) is 5.56 Å². The summed E-state index contributed by atoms with van der Waals surface area (Å²) in [5.74, 6) is -0.0130. The van der Waals surface area contributed by atoms with Crippen LogP contribution in [0.25, 0.3) is 0 Å². The third-order valence-corrected chi connectivity index (χ3v) is 5.93. The van der Waals surface area contributed by atoms with Crippen LogP contribution >= 0.6 is 0 Å². The number of sulfone groups is 1. The van der Waals surface area contributed by atoms with Gasteiger partial charge in [0.2, 0.25) is 0 Å². The molecule has 1 aliphatic heterocycles. The molecule has 1 amide bonds. The van der Waals surface area contributed by atoms with Gasteiger partial charge in [-0.15, -0.1) is 0 Å². The number of rotatable bonds is 4. The summed E-state index contributed by atoms with van der Waals surface area (Å²) in [5.41, 5.74) is 0.739. The van der Waals surface area contributed by atoms with Crippen molar-refractivity contribution < 1.29 is 13.2 Å². The van der Waals surface area contributed by atoms with Crippen molar-refractivity contribution in [3.05, 3.63) is 36.2 Å². The van der Waals surface area contributed by atoms with E-state index in [0.29, 0.717) is 18.9 Å². The summed E-state index contributed by atoms with van der Waals surface area (Å²) in [7, 11) is -3.19. The van der Waals surface area contributed by atoms with E-state index in [9.17, 15) is 13.2 Å². The van der Waals surface area contributed by atoms with Crippen molar-refractivity contribution in [2.75, 3.05) is 18.1 Å². The van der Waals surface area contributed by atoms with Gasteiger partial charge in [0.1, 0.15) is 0 Å². The molecule has 130 valence electrons. The lowest BCUT2D eigenvalue weighted by Crippen LogP contribution is -2.46. The highest BCUT2D eigenvalue weighted by molar-refractivity contribution is 7.91. The van der Waals surface area contributed by atoms with Gasteiger partial charge >= 0.3 is 0 Å². The van der Waals surface area contributed by atoms with Crippen LogP contribution in [0.2, 0.25) is 0 Å². The van der Waals surface area contributed by atoms with Crippen LogP contribution in [0.1, 0.15) is 36.1 Å². The number of carbonyl (C=O) groups is 1. The van der Waals surface area contributed by atoms with Gasteiger partial charge in [-0.05, 0) is 13.8 Å². The molecule has 3 rings (SSSR count). The summed E-state index contributed by atoms with van der Waals surface area (Å²) in [4.78, 5) is 18.7. The molecule has 0 saturated carbocycles. The molecule has 9 heteroatoms. The molecule has 0 radical (unpaired) electrons. The molecule has 1 aliphatic rings. The van der Waals surface area contributed by atoms with Gasteiger partial charge < -0.3 is 9.47 Å². The minimum absolute atomic E-state index is 0.0238. The van der Waals surface area contributed by atoms with Crippen LogP contribution in [0, 0.1) is 0 Å². The van der Waals surface area contributed by atoms with Crippen molar-refractivity contribution in [3.8, 4) is 0 Å². The van der Waals surface area contributed by atoms with Crippen molar-refractivity contribution in [1.29, 1.82) is 0 Å². The normalized spacial score (nSPS) is 20.2. The predicted molar refractivity (Wildman–Crippen MR) is 88.2 cm³/mol. The van der Waals surface area contributed by atoms with Crippen molar-refractivity contribution in [2.45, 2.75) is 33.0 Å². The van der Waals surface area contributed by atoms with E-state index in [1.54, 1.807) is 38.9 Å². The Kier molecular flexibility index (Phi) is 4.44. The standard InChI is InChI=1S/C15H21N5O3S/c1-3-18-6-5-16-14(18)15(21)20-7-8-24(22,23)11-13(20)12-9-17-19(4-2)10-12/h5-6,9-10,13H,3-4,7-8,11H2,1-2H3/t13-/m1/s1. The molecule has 0 aliphatic carbocycles. The molecule has 0 aromatic carbocycles. The quantitative estimate of drug-likeness (QED) is 0.810. The predicted octanol–water partition coefficient (Wildman–Crippen LogP) is 0.731. The molecule has 0 unspecified atom stereocenters. The minimum Gasteiger partial charge on any atom is -0.327 e. The van der Waals surface area contributed by atoms with Gasteiger partial charge in [-0.25, -0.2) is 13.4 Å². The van der Waals surface area contributed by atoms with Crippen LogP contribution in [0.5, 0.6) is 0 Å². The first-order valence-electron chi connectivity index (χ1n) is 8.00. The lowest BCUT2D eigenvalue weighted by Gasteiger charge is -2.34. The van der Waals surface area contributed by atoms with Gasteiger partial charge in [-0.2, -0.15) is 5.10 Å². The number of amides is 1. The van der Waals surface area contributed by atoms with Crippen LogP contribution in [0.15, 0.2) is 24.8 Å². The SMILES string of the molecule is CCn1cc([C@H]2CS(=O)(=O)CCN2C(=O)c2nccn2CC)cn1. The summed E-state index contributed by atoms with van der Waals surface area (Å²) < 4.78 is 27.7. The summed E-state index contributed by atoms with van der Waals surface area (Å²) in [6.07, 6.45) is 6.78. The van der Waals surface area contributed by atoms with Gasteiger partial charge in [0, 0.05) is 43.8 Å². The zero-order valence-electron chi connectivity index (χ0n) is 13.8. The lowest BCUT2D eigenvalue weighted by atomic mass is 10.1. The Morgan fingerprint density at radius 2 is 2.12 bits per heavy atom. The third-order valence-electron chi connectivity index (χ3n) is 4.30. The van der Waals surface area contributed by atoms with E-state index >= 15 is 0 Å². The molecule has 0 bridgehead atoms.